The molecule has 4 heteroatoms. The molecule has 0 saturated carbocycles. The van der Waals surface area contributed by atoms with Gasteiger partial charge in [-0.15, -0.1) is 0 Å². The molecule has 0 spiro atoms. The molecule has 0 fully saturated rings. The third-order valence-electron chi connectivity index (χ3n) is 3.20. The Balaban J connectivity index is 2.53. The van der Waals surface area contributed by atoms with Gasteiger partial charge < -0.3 is 9.16 Å². The molecule has 1 aliphatic heterocycles. The molecule has 15 heavy (non-hydrogen) atoms. The maximum atomic E-state index is 11.2. The largest absolute Gasteiger partial charge is 0.458 e. The standard InChI is InChI=1S/C11H20O3Si/c1-11(2,3)15(4,5)14-8-9-6-7-13-10(9)12/h6H,7-8H2,1-5H3. The van der Waals surface area contributed by atoms with E-state index < -0.39 is 8.32 Å². The second-order valence-electron chi connectivity index (χ2n) is 5.38. The molecule has 0 atom stereocenters. The Hall–Kier alpha value is -0.613. The second kappa shape index (κ2) is 4.10. The first kappa shape index (κ1) is 12.5. The van der Waals surface area contributed by atoms with Crippen molar-refractivity contribution in [2.75, 3.05) is 13.2 Å². The summed E-state index contributed by atoms with van der Waals surface area (Å²) in [5, 5.41) is 0.177. The van der Waals surface area contributed by atoms with Gasteiger partial charge in [0.1, 0.15) is 6.61 Å². The average molecular weight is 228 g/mol. The van der Waals surface area contributed by atoms with Crippen molar-refractivity contribution in [2.45, 2.75) is 38.9 Å². The van der Waals surface area contributed by atoms with Gasteiger partial charge >= 0.3 is 5.97 Å². The van der Waals surface area contributed by atoms with Gasteiger partial charge in [-0.1, -0.05) is 20.8 Å². The molecule has 1 rings (SSSR count). The zero-order valence-corrected chi connectivity index (χ0v) is 11.2. The lowest BCUT2D eigenvalue weighted by Crippen LogP contribution is -2.41. The van der Waals surface area contributed by atoms with Crippen LogP contribution in [0.1, 0.15) is 20.8 Å². The van der Waals surface area contributed by atoms with Gasteiger partial charge in [-0.25, -0.2) is 4.79 Å². The van der Waals surface area contributed by atoms with Gasteiger partial charge in [-0.3, -0.25) is 0 Å². The van der Waals surface area contributed by atoms with Gasteiger partial charge in [-0.05, 0) is 24.2 Å². The van der Waals surface area contributed by atoms with Gasteiger partial charge in [0.2, 0.25) is 0 Å². The van der Waals surface area contributed by atoms with Crippen molar-refractivity contribution in [1.29, 1.82) is 0 Å². The van der Waals surface area contributed by atoms with Crippen LogP contribution < -0.4 is 0 Å². The molecule has 0 aromatic carbocycles. The number of ether oxygens (including phenoxy) is 1. The molecule has 0 unspecified atom stereocenters. The average Bonchev–Trinajstić information content (AvgIpc) is 2.46. The summed E-state index contributed by atoms with van der Waals surface area (Å²) in [7, 11) is -1.75. The van der Waals surface area contributed by atoms with Crippen LogP contribution in [0.3, 0.4) is 0 Å². The molecule has 0 aliphatic carbocycles. The summed E-state index contributed by atoms with van der Waals surface area (Å²) < 4.78 is 10.7. The van der Waals surface area contributed by atoms with Crippen LogP contribution in [0.2, 0.25) is 18.1 Å². The molecule has 86 valence electrons. The van der Waals surface area contributed by atoms with Gasteiger partial charge in [0.05, 0.1) is 12.2 Å². The number of hydrogen-bond donors (Lipinski definition) is 0. The van der Waals surface area contributed by atoms with E-state index in [1.54, 1.807) is 6.08 Å². The van der Waals surface area contributed by atoms with Crippen molar-refractivity contribution in [3.05, 3.63) is 11.6 Å². The predicted octanol–water partition coefficient (Wildman–Crippen LogP) is 2.49. The molecule has 0 radical (unpaired) electrons. The molecular weight excluding hydrogens is 208 g/mol. The van der Waals surface area contributed by atoms with E-state index in [-0.39, 0.29) is 11.0 Å². The molecule has 1 aliphatic rings. The number of carbonyl (C=O) groups is 1. The third-order valence-corrected chi connectivity index (χ3v) is 7.68. The SMILES string of the molecule is CC(C)(C)[Si](C)(C)OCC1=CCOC1=O. The van der Waals surface area contributed by atoms with E-state index in [1.807, 2.05) is 0 Å². The van der Waals surface area contributed by atoms with Crippen LogP contribution >= 0.6 is 0 Å². The van der Waals surface area contributed by atoms with E-state index in [0.717, 1.165) is 0 Å². The Bertz CT molecular complexity index is 287. The van der Waals surface area contributed by atoms with Gasteiger partial charge in [0.15, 0.2) is 8.32 Å². The minimum absolute atomic E-state index is 0.177. The summed E-state index contributed by atoms with van der Waals surface area (Å²) >= 11 is 0. The van der Waals surface area contributed by atoms with Crippen molar-refractivity contribution in [3.63, 3.8) is 0 Å². The number of rotatable bonds is 3. The quantitative estimate of drug-likeness (QED) is 0.550. The summed E-state index contributed by atoms with van der Waals surface area (Å²) in [4.78, 5) is 11.2. The number of carbonyl (C=O) groups excluding carboxylic acids is 1. The van der Waals surface area contributed by atoms with Gasteiger partial charge in [0, 0.05) is 0 Å². The monoisotopic (exact) mass is 228 g/mol. The molecule has 3 nitrogen and oxygen atoms in total. The summed E-state index contributed by atoms with van der Waals surface area (Å²) in [6.45, 7) is 11.7. The van der Waals surface area contributed by atoms with Crippen LogP contribution in [0.5, 0.6) is 0 Å². The lowest BCUT2D eigenvalue weighted by Gasteiger charge is -2.36. The van der Waals surface area contributed by atoms with E-state index in [4.69, 9.17) is 9.16 Å². The third kappa shape index (κ3) is 2.92. The summed E-state index contributed by atoms with van der Waals surface area (Å²) in [5.74, 6) is -0.228. The lowest BCUT2D eigenvalue weighted by molar-refractivity contribution is -0.136. The topological polar surface area (TPSA) is 35.5 Å². The zero-order chi connectivity index (χ0) is 11.7. The second-order valence-corrected chi connectivity index (χ2v) is 10.2. The molecular formula is C11H20O3Si. The first-order valence-electron chi connectivity index (χ1n) is 5.24. The van der Waals surface area contributed by atoms with Crippen LogP contribution in [-0.2, 0) is 14.0 Å². The highest BCUT2D eigenvalue weighted by Crippen LogP contribution is 2.36. The molecule has 0 amide bonds. The van der Waals surface area contributed by atoms with E-state index in [0.29, 0.717) is 18.8 Å². The van der Waals surface area contributed by atoms with Crippen LogP contribution in [-0.4, -0.2) is 27.5 Å². The smallest absolute Gasteiger partial charge is 0.336 e. The van der Waals surface area contributed by atoms with Gasteiger partial charge in [-0.2, -0.15) is 0 Å². The van der Waals surface area contributed by atoms with Crippen LogP contribution in [0.25, 0.3) is 0 Å². The Kier molecular flexibility index (Phi) is 3.40. The minimum atomic E-state index is -1.75. The fourth-order valence-electron chi connectivity index (χ4n) is 0.987. The predicted molar refractivity (Wildman–Crippen MR) is 62.2 cm³/mol. The maximum absolute atomic E-state index is 11.2. The van der Waals surface area contributed by atoms with E-state index in [9.17, 15) is 4.79 Å². The Morgan fingerprint density at radius 1 is 1.47 bits per heavy atom. The molecule has 0 bridgehead atoms. The molecule has 1 heterocycles. The van der Waals surface area contributed by atoms with Crippen molar-refractivity contribution in [1.82, 2.24) is 0 Å². The van der Waals surface area contributed by atoms with E-state index >= 15 is 0 Å². The molecule has 0 aromatic rings. The van der Waals surface area contributed by atoms with E-state index in [2.05, 4.69) is 33.9 Å². The van der Waals surface area contributed by atoms with E-state index in [1.165, 1.54) is 0 Å². The van der Waals surface area contributed by atoms with Crippen LogP contribution in [0, 0.1) is 0 Å². The first-order valence-corrected chi connectivity index (χ1v) is 8.15. The van der Waals surface area contributed by atoms with Crippen LogP contribution in [0.15, 0.2) is 11.6 Å². The van der Waals surface area contributed by atoms with Crippen molar-refractivity contribution in [3.8, 4) is 0 Å². The normalized spacial score (nSPS) is 17.7. The van der Waals surface area contributed by atoms with Crippen molar-refractivity contribution >= 4 is 14.3 Å². The maximum Gasteiger partial charge on any atom is 0.336 e. The summed E-state index contributed by atoms with van der Waals surface area (Å²) in [5.41, 5.74) is 0.667. The molecule has 0 N–H and O–H groups in total. The number of cyclic esters (lactones) is 1. The Morgan fingerprint density at radius 3 is 2.47 bits per heavy atom. The fraction of sp³-hybridized carbons (Fsp3) is 0.727. The minimum Gasteiger partial charge on any atom is -0.458 e. The Morgan fingerprint density at radius 2 is 2.07 bits per heavy atom. The van der Waals surface area contributed by atoms with Crippen molar-refractivity contribution < 1.29 is 14.0 Å². The van der Waals surface area contributed by atoms with Gasteiger partial charge in [0.25, 0.3) is 0 Å². The highest BCUT2D eigenvalue weighted by atomic mass is 28.4. The summed E-state index contributed by atoms with van der Waals surface area (Å²) in [6, 6.07) is 0. The Labute approximate surface area is 92.6 Å². The highest BCUT2D eigenvalue weighted by molar-refractivity contribution is 6.74. The molecule has 0 aromatic heterocycles. The highest BCUT2D eigenvalue weighted by Gasteiger charge is 2.37. The summed E-state index contributed by atoms with van der Waals surface area (Å²) in [6.07, 6.45) is 1.80. The number of hydrogen-bond acceptors (Lipinski definition) is 3. The lowest BCUT2D eigenvalue weighted by atomic mass is 10.2. The first-order chi connectivity index (χ1) is 6.74. The fourth-order valence-corrected chi connectivity index (χ4v) is 1.94. The van der Waals surface area contributed by atoms with Crippen LogP contribution in [0.4, 0.5) is 0 Å². The molecule has 0 saturated heterocycles. The zero-order valence-electron chi connectivity index (χ0n) is 10.2. The van der Waals surface area contributed by atoms with Crippen molar-refractivity contribution in [2.24, 2.45) is 0 Å². The number of esters is 1.